The summed E-state index contributed by atoms with van der Waals surface area (Å²) >= 11 is 0. The zero-order valence-corrected chi connectivity index (χ0v) is 12.2. The molecule has 0 heterocycles. The smallest absolute Gasteiger partial charge is 0.208 e. The van der Waals surface area contributed by atoms with Crippen molar-refractivity contribution in [1.29, 1.82) is 0 Å². The number of hydrogen-bond donors (Lipinski definition) is 1. The van der Waals surface area contributed by atoms with E-state index in [4.69, 9.17) is 0 Å². The van der Waals surface area contributed by atoms with E-state index >= 15 is 0 Å². The van der Waals surface area contributed by atoms with Crippen LogP contribution in [-0.4, -0.2) is 14.5 Å². The normalized spacial score (nSPS) is 20.9. The summed E-state index contributed by atoms with van der Waals surface area (Å²) in [5, 5.41) is 0. The van der Waals surface area contributed by atoms with Gasteiger partial charge in [0, 0.05) is 6.04 Å². The molecule has 1 N–H and O–H groups in total. The average molecular weight is 279 g/mol. The highest BCUT2D eigenvalue weighted by Crippen LogP contribution is 2.33. The van der Waals surface area contributed by atoms with Crippen molar-refractivity contribution in [2.24, 2.45) is 5.92 Å². The van der Waals surface area contributed by atoms with Crippen LogP contribution in [0.3, 0.4) is 0 Å². The number of benzene rings is 1. The first-order chi connectivity index (χ1) is 9.06. The van der Waals surface area contributed by atoms with E-state index in [2.05, 4.69) is 4.72 Å². The Hall–Kier alpha value is -0.870. The summed E-state index contributed by atoms with van der Waals surface area (Å²) in [7, 11) is -3.35. The quantitative estimate of drug-likeness (QED) is 0.921. The Labute approximate surface area is 115 Å². The van der Waals surface area contributed by atoms with Crippen LogP contribution in [0.4, 0.5) is 0 Å². The lowest BCUT2D eigenvalue weighted by Gasteiger charge is -2.18. The second-order valence-corrected chi connectivity index (χ2v) is 7.60. The van der Waals surface area contributed by atoms with Crippen LogP contribution in [-0.2, 0) is 22.9 Å². The Morgan fingerprint density at radius 2 is 1.84 bits per heavy atom. The first kappa shape index (κ1) is 13.1. The highest BCUT2D eigenvalue weighted by atomic mass is 32.2. The minimum atomic E-state index is -3.35. The molecule has 3 nitrogen and oxygen atoms in total. The van der Waals surface area contributed by atoms with Gasteiger partial charge in [-0.2, -0.15) is 0 Å². The van der Waals surface area contributed by atoms with Gasteiger partial charge in [-0.05, 0) is 74.6 Å². The predicted molar refractivity (Wildman–Crippen MR) is 75.6 cm³/mol. The van der Waals surface area contributed by atoms with Crippen LogP contribution in [0, 0.1) is 5.92 Å². The van der Waals surface area contributed by atoms with Gasteiger partial charge in [-0.1, -0.05) is 6.07 Å². The van der Waals surface area contributed by atoms with E-state index in [-0.39, 0.29) is 6.04 Å². The summed E-state index contributed by atoms with van der Waals surface area (Å²) in [6.45, 7) is 1.97. The Bertz CT molecular complexity index is 576. The van der Waals surface area contributed by atoms with E-state index in [1.807, 2.05) is 19.1 Å². The minimum Gasteiger partial charge on any atom is -0.208 e. The van der Waals surface area contributed by atoms with Crippen LogP contribution in [0.5, 0.6) is 0 Å². The molecule has 0 spiro atoms. The lowest BCUT2D eigenvalue weighted by atomic mass is 9.92. The van der Waals surface area contributed by atoms with Crippen molar-refractivity contribution in [2.75, 3.05) is 0 Å². The molecule has 1 saturated carbocycles. The molecule has 1 fully saturated rings. The lowest BCUT2D eigenvalue weighted by Crippen LogP contribution is -2.34. The maximum Gasteiger partial charge on any atom is 0.240 e. The average Bonchev–Trinajstić information content (AvgIpc) is 3.22. The molecule has 0 saturated heterocycles. The van der Waals surface area contributed by atoms with E-state index in [0.29, 0.717) is 10.8 Å². The van der Waals surface area contributed by atoms with Gasteiger partial charge in [-0.25, -0.2) is 13.1 Å². The summed E-state index contributed by atoms with van der Waals surface area (Å²) in [6.07, 6.45) is 6.78. The van der Waals surface area contributed by atoms with Crippen molar-refractivity contribution in [1.82, 2.24) is 4.72 Å². The Morgan fingerprint density at radius 3 is 2.53 bits per heavy atom. The molecular weight excluding hydrogens is 258 g/mol. The summed E-state index contributed by atoms with van der Waals surface area (Å²) in [6, 6.07) is 5.67. The van der Waals surface area contributed by atoms with Crippen LogP contribution >= 0.6 is 0 Å². The predicted octanol–water partition coefficient (Wildman–Crippen LogP) is 2.64. The van der Waals surface area contributed by atoms with Crippen LogP contribution < -0.4 is 4.72 Å². The maximum atomic E-state index is 12.3. The first-order valence-corrected chi connectivity index (χ1v) is 8.69. The Balaban J connectivity index is 1.83. The zero-order chi connectivity index (χ0) is 13.5. The third-order valence-electron chi connectivity index (χ3n) is 4.30. The third-order valence-corrected chi connectivity index (χ3v) is 5.86. The Kier molecular flexibility index (Phi) is 3.39. The van der Waals surface area contributed by atoms with Crippen molar-refractivity contribution < 1.29 is 8.42 Å². The molecule has 2 aliphatic carbocycles. The van der Waals surface area contributed by atoms with E-state index in [1.165, 1.54) is 24.0 Å². The molecule has 1 unspecified atom stereocenters. The number of nitrogens with one attached hydrogen (secondary N) is 1. The SMILES string of the molecule is CC(NS(=O)(=O)c1ccc2c(c1)CCCC2)C1CC1. The summed E-state index contributed by atoms with van der Waals surface area (Å²) in [4.78, 5) is 0.431. The van der Waals surface area contributed by atoms with Gasteiger partial charge < -0.3 is 0 Å². The second kappa shape index (κ2) is 4.91. The van der Waals surface area contributed by atoms with Gasteiger partial charge in [0.25, 0.3) is 0 Å². The van der Waals surface area contributed by atoms with E-state index in [1.54, 1.807) is 6.07 Å². The fourth-order valence-electron chi connectivity index (χ4n) is 2.88. The number of fused-ring (bicyclic) bond motifs is 1. The van der Waals surface area contributed by atoms with Gasteiger partial charge in [0.15, 0.2) is 0 Å². The molecule has 2 aliphatic rings. The number of rotatable bonds is 4. The van der Waals surface area contributed by atoms with Gasteiger partial charge in [0.2, 0.25) is 10.0 Å². The van der Waals surface area contributed by atoms with E-state index < -0.39 is 10.0 Å². The standard InChI is InChI=1S/C15H21NO2S/c1-11(12-6-7-12)16-19(17,18)15-9-8-13-4-2-3-5-14(13)10-15/h8-12,16H,2-7H2,1H3. The molecule has 1 aromatic rings. The summed E-state index contributed by atoms with van der Waals surface area (Å²) < 4.78 is 27.5. The lowest BCUT2D eigenvalue weighted by molar-refractivity contribution is 0.538. The number of sulfonamides is 1. The maximum absolute atomic E-state index is 12.3. The zero-order valence-electron chi connectivity index (χ0n) is 11.4. The number of hydrogen-bond acceptors (Lipinski definition) is 2. The van der Waals surface area contributed by atoms with Crippen LogP contribution in [0.25, 0.3) is 0 Å². The first-order valence-electron chi connectivity index (χ1n) is 7.20. The number of aryl methyl sites for hydroxylation is 2. The Morgan fingerprint density at radius 1 is 1.16 bits per heavy atom. The molecule has 1 aromatic carbocycles. The monoisotopic (exact) mass is 279 g/mol. The molecule has 0 bridgehead atoms. The molecule has 0 aromatic heterocycles. The van der Waals surface area contributed by atoms with Gasteiger partial charge in [0.05, 0.1) is 4.90 Å². The molecule has 1 atom stereocenters. The molecule has 0 amide bonds. The minimum absolute atomic E-state index is 0.0565. The fourth-order valence-corrected chi connectivity index (χ4v) is 4.24. The van der Waals surface area contributed by atoms with Gasteiger partial charge in [0.1, 0.15) is 0 Å². The molecule has 3 rings (SSSR count). The van der Waals surface area contributed by atoms with Gasteiger partial charge in [-0.15, -0.1) is 0 Å². The van der Waals surface area contributed by atoms with Gasteiger partial charge in [-0.3, -0.25) is 0 Å². The highest BCUT2D eigenvalue weighted by molar-refractivity contribution is 7.89. The molecule has 0 radical (unpaired) electrons. The van der Waals surface area contributed by atoms with Crippen molar-refractivity contribution in [3.05, 3.63) is 29.3 Å². The summed E-state index contributed by atoms with van der Waals surface area (Å²) in [5.41, 5.74) is 2.54. The second-order valence-electron chi connectivity index (χ2n) is 5.89. The van der Waals surface area contributed by atoms with Gasteiger partial charge >= 0.3 is 0 Å². The molecule has 4 heteroatoms. The topological polar surface area (TPSA) is 46.2 Å². The van der Waals surface area contributed by atoms with Crippen LogP contribution in [0.15, 0.2) is 23.1 Å². The fraction of sp³-hybridized carbons (Fsp3) is 0.600. The molecular formula is C15H21NO2S. The van der Waals surface area contributed by atoms with Crippen molar-refractivity contribution in [3.8, 4) is 0 Å². The van der Waals surface area contributed by atoms with Crippen LogP contribution in [0.1, 0.15) is 43.7 Å². The third kappa shape index (κ3) is 2.84. The van der Waals surface area contributed by atoms with E-state index in [9.17, 15) is 8.42 Å². The van der Waals surface area contributed by atoms with Crippen molar-refractivity contribution in [2.45, 2.75) is 56.4 Å². The van der Waals surface area contributed by atoms with Crippen LogP contribution in [0.2, 0.25) is 0 Å². The van der Waals surface area contributed by atoms with Crippen molar-refractivity contribution in [3.63, 3.8) is 0 Å². The molecule has 19 heavy (non-hydrogen) atoms. The van der Waals surface area contributed by atoms with Crippen molar-refractivity contribution >= 4 is 10.0 Å². The highest BCUT2D eigenvalue weighted by Gasteiger charge is 2.31. The molecule has 104 valence electrons. The molecule has 0 aliphatic heterocycles. The summed E-state index contributed by atoms with van der Waals surface area (Å²) in [5.74, 6) is 0.535. The van der Waals surface area contributed by atoms with E-state index in [0.717, 1.165) is 25.7 Å². The largest absolute Gasteiger partial charge is 0.240 e.